The Hall–Kier alpha value is -1.70. The third-order valence-corrected chi connectivity index (χ3v) is 3.38. The van der Waals surface area contributed by atoms with Crippen molar-refractivity contribution in [2.45, 2.75) is 30.7 Å². The number of amides is 1. The van der Waals surface area contributed by atoms with Crippen molar-refractivity contribution in [1.82, 2.24) is 0 Å². The van der Waals surface area contributed by atoms with Crippen molar-refractivity contribution in [2.24, 2.45) is 5.41 Å². The number of para-hydroxylation sites is 1. The maximum Gasteiger partial charge on any atom is 0.446 e. The highest BCUT2D eigenvalue weighted by atomic mass is 32.2. The monoisotopic (exact) mass is 321 g/mol. The summed E-state index contributed by atoms with van der Waals surface area (Å²) in [6.07, 6.45) is -0.340. The molecule has 0 saturated heterocycles. The molecule has 8 heteroatoms. The van der Waals surface area contributed by atoms with Crippen LogP contribution in [0.1, 0.15) is 20.3 Å². The number of hydrogen-bond donors (Lipinski definition) is 2. The van der Waals surface area contributed by atoms with Crippen LogP contribution in [0.3, 0.4) is 0 Å². The van der Waals surface area contributed by atoms with Crippen LogP contribution < -0.4 is 5.32 Å². The molecular formula is C13H14F3NO3S. The van der Waals surface area contributed by atoms with E-state index in [-0.39, 0.29) is 28.8 Å². The average molecular weight is 321 g/mol. The van der Waals surface area contributed by atoms with E-state index in [1.165, 1.54) is 38.1 Å². The van der Waals surface area contributed by atoms with Gasteiger partial charge in [-0.3, -0.25) is 9.59 Å². The molecule has 0 heterocycles. The zero-order chi connectivity index (χ0) is 16.3. The number of carbonyl (C=O) groups excluding carboxylic acids is 1. The number of hydrogen-bond acceptors (Lipinski definition) is 3. The van der Waals surface area contributed by atoms with Crippen LogP contribution in [0.5, 0.6) is 0 Å². The molecule has 0 aliphatic rings. The van der Waals surface area contributed by atoms with Gasteiger partial charge >= 0.3 is 11.5 Å². The minimum Gasteiger partial charge on any atom is -0.481 e. The van der Waals surface area contributed by atoms with Gasteiger partial charge in [0.2, 0.25) is 5.91 Å². The first-order valence-electron chi connectivity index (χ1n) is 5.89. The summed E-state index contributed by atoms with van der Waals surface area (Å²) in [4.78, 5) is 22.6. The van der Waals surface area contributed by atoms with Gasteiger partial charge in [0.25, 0.3) is 0 Å². The summed E-state index contributed by atoms with van der Waals surface area (Å²) in [5.74, 6) is -1.81. The van der Waals surface area contributed by atoms with Crippen LogP contribution in [-0.4, -0.2) is 22.5 Å². The van der Waals surface area contributed by atoms with Crippen molar-refractivity contribution in [3.8, 4) is 0 Å². The number of aliphatic carboxylic acids is 1. The number of carboxylic acid groups (broad SMARTS) is 1. The Morgan fingerprint density at radius 3 is 2.33 bits per heavy atom. The number of anilines is 1. The molecule has 0 saturated carbocycles. The van der Waals surface area contributed by atoms with Gasteiger partial charge in [-0.05, 0) is 37.7 Å². The summed E-state index contributed by atoms with van der Waals surface area (Å²) < 4.78 is 37.2. The fourth-order valence-electron chi connectivity index (χ4n) is 1.45. The van der Waals surface area contributed by atoms with Crippen LogP contribution in [0.15, 0.2) is 29.2 Å². The molecule has 0 spiro atoms. The highest BCUT2D eigenvalue weighted by Crippen LogP contribution is 2.40. The van der Waals surface area contributed by atoms with Gasteiger partial charge in [-0.15, -0.1) is 0 Å². The second-order valence-electron chi connectivity index (χ2n) is 4.96. The van der Waals surface area contributed by atoms with Gasteiger partial charge in [0.1, 0.15) is 0 Å². The van der Waals surface area contributed by atoms with E-state index in [1.807, 2.05) is 0 Å². The number of halogens is 3. The van der Waals surface area contributed by atoms with E-state index < -0.39 is 22.8 Å². The highest BCUT2D eigenvalue weighted by molar-refractivity contribution is 8.00. The molecule has 0 unspecified atom stereocenters. The number of alkyl halides is 3. The summed E-state index contributed by atoms with van der Waals surface area (Å²) in [6.45, 7) is 2.73. The predicted octanol–water partition coefficient (Wildman–Crippen LogP) is 3.74. The zero-order valence-corrected chi connectivity index (χ0v) is 12.1. The van der Waals surface area contributed by atoms with Crippen molar-refractivity contribution in [2.75, 3.05) is 5.32 Å². The Bertz CT molecular complexity index is 544. The first-order valence-corrected chi connectivity index (χ1v) is 6.71. The molecule has 1 amide bonds. The normalized spacial score (nSPS) is 12.0. The largest absolute Gasteiger partial charge is 0.481 e. The lowest BCUT2D eigenvalue weighted by molar-refractivity contribution is -0.148. The first-order chi connectivity index (χ1) is 9.51. The van der Waals surface area contributed by atoms with Gasteiger partial charge in [0.05, 0.1) is 11.1 Å². The molecule has 2 N–H and O–H groups in total. The minimum absolute atomic E-state index is 0.00557. The summed E-state index contributed by atoms with van der Waals surface area (Å²) in [5, 5.41) is 11.3. The van der Waals surface area contributed by atoms with E-state index >= 15 is 0 Å². The van der Waals surface area contributed by atoms with Gasteiger partial charge in [-0.2, -0.15) is 13.2 Å². The van der Waals surface area contributed by atoms with Gasteiger partial charge in [0, 0.05) is 11.3 Å². The third kappa shape index (κ3) is 5.66. The molecule has 1 aromatic carbocycles. The molecule has 4 nitrogen and oxygen atoms in total. The maximum absolute atomic E-state index is 12.4. The molecular weight excluding hydrogens is 307 g/mol. The molecule has 1 rings (SSSR count). The second-order valence-corrected chi connectivity index (χ2v) is 6.06. The summed E-state index contributed by atoms with van der Waals surface area (Å²) >= 11 is -0.337. The Morgan fingerprint density at radius 1 is 1.24 bits per heavy atom. The average Bonchev–Trinajstić information content (AvgIpc) is 2.28. The van der Waals surface area contributed by atoms with Crippen LogP contribution in [0.25, 0.3) is 0 Å². The fraction of sp³-hybridized carbons (Fsp3) is 0.385. The summed E-state index contributed by atoms with van der Waals surface area (Å²) in [5.41, 5.74) is -5.76. The molecule has 0 fully saturated rings. The van der Waals surface area contributed by atoms with E-state index in [1.54, 1.807) is 0 Å². The van der Waals surface area contributed by atoms with Gasteiger partial charge in [0.15, 0.2) is 0 Å². The number of thioether (sulfide) groups is 1. The third-order valence-electron chi connectivity index (χ3n) is 2.57. The molecule has 0 atom stereocenters. The Morgan fingerprint density at radius 2 is 1.81 bits per heavy atom. The molecule has 0 radical (unpaired) electrons. The second kappa shape index (κ2) is 6.38. The SMILES string of the molecule is CC(C)(CC(=O)Nc1ccccc1SC(F)(F)F)C(=O)O. The van der Waals surface area contributed by atoms with Crippen LogP contribution in [0.2, 0.25) is 0 Å². The van der Waals surface area contributed by atoms with E-state index in [4.69, 9.17) is 5.11 Å². The number of carboxylic acids is 1. The van der Waals surface area contributed by atoms with Crippen LogP contribution >= 0.6 is 11.8 Å². The summed E-state index contributed by atoms with van der Waals surface area (Å²) in [7, 11) is 0. The fourth-order valence-corrected chi connectivity index (χ4v) is 2.08. The van der Waals surface area contributed by atoms with Gasteiger partial charge < -0.3 is 10.4 Å². The highest BCUT2D eigenvalue weighted by Gasteiger charge is 2.32. The number of benzene rings is 1. The van der Waals surface area contributed by atoms with Crippen LogP contribution in [0, 0.1) is 5.41 Å². The van der Waals surface area contributed by atoms with Crippen LogP contribution in [-0.2, 0) is 9.59 Å². The molecule has 0 aliphatic heterocycles. The van der Waals surface area contributed by atoms with Crippen molar-refractivity contribution < 1.29 is 27.9 Å². The smallest absolute Gasteiger partial charge is 0.446 e. The number of nitrogens with one attached hydrogen (secondary N) is 1. The minimum atomic E-state index is -4.47. The zero-order valence-electron chi connectivity index (χ0n) is 11.3. The van der Waals surface area contributed by atoms with E-state index in [0.717, 1.165) is 0 Å². The Balaban J connectivity index is 2.84. The first kappa shape index (κ1) is 17.4. The quantitative estimate of drug-likeness (QED) is 0.811. The molecule has 0 aliphatic carbocycles. The topological polar surface area (TPSA) is 66.4 Å². The standard InChI is InChI=1S/C13H14F3NO3S/c1-12(2,11(19)20)7-10(18)17-8-5-3-4-6-9(8)21-13(14,15)16/h3-6H,7H2,1-2H3,(H,17,18)(H,19,20). The van der Waals surface area contributed by atoms with Crippen molar-refractivity contribution >= 4 is 29.3 Å². The predicted molar refractivity (Wildman–Crippen MR) is 73.0 cm³/mol. The maximum atomic E-state index is 12.4. The van der Waals surface area contributed by atoms with Crippen molar-refractivity contribution in [3.05, 3.63) is 24.3 Å². The Labute approximate surface area is 123 Å². The van der Waals surface area contributed by atoms with E-state index in [0.29, 0.717) is 0 Å². The van der Waals surface area contributed by atoms with Crippen LogP contribution in [0.4, 0.5) is 18.9 Å². The Kier molecular flexibility index (Phi) is 5.27. The number of rotatable bonds is 5. The molecule has 1 aromatic rings. The molecule has 116 valence electrons. The van der Waals surface area contributed by atoms with E-state index in [9.17, 15) is 22.8 Å². The van der Waals surface area contributed by atoms with Crippen molar-refractivity contribution in [1.29, 1.82) is 0 Å². The lowest BCUT2D eigenvalue weighted by atomic mass is 9.89. The summed E-state index contributed by atoms with van der Waals surface area (Å²) in [6, 6.07) is 5.47. The van der Waals surface area contributed by atoms with E-state index in [2.05, 4.69) is 5.32 Å². The van der Waals surface area contributed by atoms with Gasteiger partial charge in [-0.1, -0.05) is 12.1 Å². The van der Waals surface area contributed by atoms with Crippen molar-refractivity contribution in [3.63, 3.8) is 0 Å². The lowest BCUT2D eigenvalue weighted by Gasteiger charge is -2.19. The molecule has 0 bridgehead atoms. The van der Waals surface area contributed by atoms with Gasteiger partial charge in [-0.25, -0.2) is 0 Å². The molecule has 0 aromatic heterocycles. The number of carbonyl (C=O) groups is 2. The molecule has 21 heavy (non-hydrogen) atoms. The lowest BCUT2D eigenvalue weighted by Crippen LogP contribution is -2.29.